The van der Waals surface area contributed by atoms with Gasteiger partial charge in [0.05, 0.1) is 6.21 Å². The van der Waals surface area contributed by atoms with Crippen LogP contribution in [0.4, 0.5) is 0 Å². The number of ether oxygens (including phenoxy) is 1. The number of methoxy groups -OCH3 is 1. The molecule has 0 aliphatic rings. The van der Waals surface area contributed by atoms with Gasteiger partial charge in [0, 0.05) is 14.2 Å². The van der Waals surface area contributed by atoms with Crippen molar-refractivity contribution in [3.63, 3.8) is 0 Å². The molecule has 0 radical (unpaired) electrons. The maximum Gasteiger partial charge on any atom is 0.0733 e. The van der Waals surface area contributed by atoms with Gasteiger partial charge in [-0.05, 0) is 5.56 Å². The molecule has 0 spiro atoms. The molecule has 0 bridgehead atoms. The lowest BCUT2D eigenvalue weighted by molar-refractivity contribution is 0.277. The summed E-state index contributed by atoms with van der Waals surface area (Å²) in [6.45, 7) is 0. The number of oxime groups is 1. The third-order valence-electron chi connectivity index (χ3n) is 1.01. The normalized spacial score (nSPS) is 9.17. The molecule has 0 atom stereocenters. The molecule has 3 nitrogen and oxygen atoms in total. The summed E-state index contributed by atoms with van der Waals surface area (Å²) in [6.07, 6.45) is 1.39. The maximum absolute atomic E-state index is 8.09. The number of benzene rings is 1. The lowest BCUT2D eigenvalue weighted by atomic mass is 10.2. The van der Waals surface area contributed by atoms with Gasteiger partial charge in [-0.25, -0.2) is 0 Å². The highest BCUT2D eigenvalue weighted by Gasteiger charge is 1.79. The Balaban J connectivity index is 0.000000354. The Morgan fingerprint density at radius 1 is 1.25 bits per heavy atom. The van der Waals surface area contributed by atoms with E-state index < -0.39 is 0 Å². The molecule has 66 valence electrons. The molecule has 0 heterocycles. The maximum atomic E-state index is 8.09. The smallest absolute Gasteiger partial charge is 0.0733 e. The van der Waals surface area contributed by atoms with Crippen LogP contribution in [-0.2, 0) is 4.74 Å². The van der Waals surface area contributed by atoms with E-state index in [1.54, 1.807) is 14.2 Å². The van der Waals surface area contributed by atoms with Gasteiger partial charge in [-0.15, -0.1) is 0 Å². The van der Waals surface area contributed by atoms with Crippen LogP contribution in [0.5, 0.6) is 0 Å². The average Bonchev–Trinajstić information content (AvgIpc) is 2.08. The Morgan fingerprint density at radius 3 is 2.17 bits per heavy atom. The van der Waals surface area contributed by atoms with Crippen LogP contribution in [0.15, 0.2) is 35.5 Å². The van der Waals surface area contributed by atoms with Gasteiger partial charge in [0.2, 0.25) is 0 Å². The minimum Gasteiger partial charge on any atom is -0.411 e. The summed E-state index contributed by atoms with van der Waals surface area (Å²) in [5.74, 6) is 0. The van der Waals surface area contributed by atoms with Crippen LogP contribution in [0.1, 0.15) is 5.56 Å². The second-order valence-electron chi connectivity index (χ2n) is 2.06. The average molecular weight is 167 g/mol. The van der Waals surface area contributed by atoms with E-state index in [9.17, 15) is 0 Å². The van der Waals surface area contributed by atoms with Crippen molar-refractivity contribution in [2.45, 2.75) is 0 Å². The highest BCUT2D eigenvalue weighted by Crippen LogP contribution is 1.92. The van der Waals surface area contributed by atoms with Crippen LogP contribution in [0, 0.1) is 0 Å². The molecule has 0 saturated carbocycles. The second-order valence-corrected chi connectivity index (χ2v) is 2.06. The van der Waals surface area contributed by atoms with Gasteiger partial charge in [-0.3, -0.25) is 0 Å². The topological polar surface area (TPSA) is 41.8 Å². The van der Waals surface area contributed by atoms with E-state index in [4.69, 9.17) is 5.21 Å². The monoisotopic (exact) mass is 167 g/mol. The summed E-state index contributed by atoms with van der Waals surface area (Å²) in [6, 6.07) is 9.40. The summed E-state index contributed by atoms with van der Waals surface area (Å²) < 4.78 is 4.25. The van der Waals surface area contributed by atoms with Gasteiger partial charge in [-0.1, -0.05) is 35.5 Å². The molecule has 1 aromatic rings. The predicted molar refractivity (Wildman–Crippen MR) is 48.8 cm³/mol. The summed E-state index contributed by atoms with van der Waals surface area (Å²) in [5.41, 5.74) is 0.903. The molecule has 3 heteroatoms. The fourth-order valence-corrected chi connectivity index (χ4v) is 0.606. The molecule has 0 aliphatic heterocycles. The van der Waals surface area contributed by atoms with Crippen LogP contribution in [-0.4, -0.2) is 25.6 Å². The minimum atomic E-state index is 0.903. The van der Waals surface area contributed by atoms with E-state index in [-0.39, 0.29) is 0 Å². The number of hydrogen-bond acceptors (Lipinski definition) is 3. The largest absolute Gasteiger partial charge is 0.411 e. The summed E-state index contributed by atoms with van der Waals surface area (Å²) in [5, 5.41) is 11.0. The fraction of sp³-hybridized carbons (Fsp3) is 0.222. The highest BCUT2D eigenvalue weighted by atomic mass is 16.4. The summed E-state index contributed by atoms with van der Waals surface area (Å²) in [4.78, 5) is 0. The van der Waals surface area contributed by atoms with Gasteiger partial charge in [0.25, 0.3) is 0 Å². The van der Waals surface area contributed by atoms with Crippen molar-refractivity contribution in [2.24, 2.45) is 5.16 Å². The van der Waals surface area contributed by atoms with E-state index in [1.165, 1.54) is 6.21 Å². The Hall–Kier alpha value is -1.35. The molecule has 1 rings (SSSR count). The van der Waals surface area contributed by atoms with E-state index in [0.717, 1.165) is 5.56 Å². The lowest BCUT2D eigenvalue weighted by Gasteiger charge is -1.85. The van der Waals surface area contributed by atoms with Crippen molar-refractivity contribution in [3.8, 4) is 0 Å². The molecule has 12 heavy (non-hydrogen) atoms. The van der Waals surface area contributed by atoms with Crippen LogP contribution in [0.25, 0.3) is 0 Å². The van der Waals surface area contributed by atoms with Crippen LogP contribution < -0.4 is 0 Å². The SMILES string of the molecule is COC.ON=Cc1ccccc1. The van der Waals surface area contributed by atoms with Crippen molar-refractivity contribution < 1.29 is 9.94 Å². The second kappa shape index (κ2) is 7.75. The lowest BCUT2D eigenvalue weighted by Crippen LogP contribution is -1.76. The van der Waals surface area contributed by atoms with Crippen LogP contribution >= 0.6 is 0 Å². The Labute approximate surface area is 72.3 Å². The van der Waals surface area contributed by atoms with E-state index >= 15 is 0 Å². The first-order chi connectivity index (χ1) is 5.85. The first-order valence-corrected chi connectivity index (χ1v) is 3.47. The molecule has 1 N–H and O–H groups in total. The first-order valence-electron chi connectivity index (χ1n) is 3.47. The molecule has 1 aromatic carbocycles. The Kier molecular flexibility index (Phi) is 6.88. The molecule has 0 fully saturated rings. The fourth-order valence-electron chi connectivity index (χ4n) is 0.606. The zero-order valence-corrected chi connectivity index (χ0v) is 7.27. The molecular formula is C9H13NO2. The zero-order chi connectivity index (χ0) is 9.23. The molecule has 0 saturated heterocycles. The summed E-state index contributed by atoms with van der Waals surface area (Å²) in [7, 11) is 3.25. The van der Waals surface area contributed by atoms with Crippen molar-refractivity contribution >= 4 is 6.21 Å². The molecule has 0 aromatic heterocycles. The van der Waals surface area contributed by atoms with E-state index in [2.05, 4.69) is 9.89 Å². The van der Waals surface area contributed by atoms with Crippen molar-refractivity contribution in [2.75, 3.05) is 14.2 Å². The van der Waals surface area contributed by atoms with Gasteiger partial charge >= 0.3 is 0 Å². The van der Waals surface area contributed by atoms with E-state index in [1.807, 2.05) is 30.3 Å². The van der Waals surface area contributed by atoms with Crippen molar-refractivity contribution in [3.05, 3.63) is 35.9 Å². The molecule has 0 amide bonds. The number of rotatable bonds is 1. The highest BCUT2D eigenvalue weighted by molar-refractivity contribution is 5.78. The van der Waals surface area contributed by atoms with Gasteiger partial charge in [0.15, 0.2) is 0 Å². The quantitative estimate of drug-likeness (QED) is 0.393. The van der Waals surface area contributed by atoms with Crippen molar-refractivity contribution in [1.29, 1.82) is 0 Å². The van der Waals surface area contributed by atoms with Gasteiger partial charge in [0.1, 0.15) is 0 Å². The Bertz CT molecular complexity index is 209. The number of nitrogens with zero attached hydrogens (tertiary/aromatic N) is 1. The molecular weight excluding hydrogens is 154 g/mol. The van der Waals surface area contributed by atoms with Gasteiger partial charge in [-0.2, -0.15) is 0 Å². The van der Waals surface area contributed by atoms with Crippen LogP contribution in [0.2, 0.25) is 0 Å². The van der Waals surface area contributed by atoms with Crippen molar-refractivity contribution in [1.82, 2.24) is 0 Å². The third-order valence-corrected chi connectivity index (χ3v) is 1.01. The van der Waals surface area contributed by atoms with E-state index in [0.29, 0.717) is 0 Å². The summed E-state index contributed by atoms with van der Waals surface area (Å²) >= 11 is 0. The minimum absolute atomic E-state index is 0.903. The van der Waals surface area contributed by atoms with Gasteiger partial charge < -0.3 is 9.94 Å². The predicted octanol–water partition coefficient (Wildman–Crippen LogP) is 1.76. The molecule has 0 unspecified atom stereocenters. The first kappa shape index (κ1) is 10.7. The molecule has 0 aliphatic carbocycles. The zero-order valence-electron chi connectivity index (χ0n) is 7.27. The Morgan fingerprint density at radius 2 is 1.75 bits per heavy atom. The third kappa shape index (κ3) is 5.44. The van der Waals surface area contributed by atoms with Crippen LogP contribution in [0.3, 0.4) is 0 Å². The number of hydrogen-bond donors (Lipinski definition) is 1. The standard InChI is InChI=1S/C7H7NO.C2H6O/c9-8-6-7-4-2-1-3-5-7;1-3-2/h1-6,9H;1-2H3.